The second kappa shape index (κ2) is 6.23. The zero-order valence-corrected chi connectivity index (χ0v) is 13.6. The van der Waals surface area contributed by atoms with E-state index in [0.717, 1.165) is 11.1 Å². The van der Waals surface area contributed by atoms with E-state index < -0.39 is 7.12 Å². The minimum Gasteiger partial charge on any atom is -0.423 e. The van der Waals surface area contributed by atoms with Gasteiger partial charge in [-0.15, -0.1) is 5.10 Å². The first-order valence-electron chi connectivity index (χ1n) is 7.89. The molecule has 0 bridgehead atoms. The third-order valence-corrected chi connectivity index (χ3v) is 4.14. The lowest BCUT2D eigenvalue weighted by Gasteiger charge is -2.02. The molecular formula is C17H15BN4O3. The second-order valence-electron chi connectivity index (χ2n) is 5.89. The van der Waals surface area contributed by atoms with Crippen molar-refractivity contribution < 1.29 is 14.5 Å². The average molecular weight is 334 g/mol. The Hall–Kier alpha value is -2.84. The van der Waals surface area contributed by atoms with E-state index in [2.05, 4.69) is 15.1 Å². The molecular weight excluding hydrogens is 319 g/mol. The van der Waals surface area contributed by atoms with E-state index in [-0.39, 0.29) is 18.0 Å². The van der Waals surface area contributed by atoms with Crippen molar-refractivity contribution in [2.45, 2.75) is 13.0 Å². The van der Waals surface area contributed by atoms with Gasteiger partial charge in [-0.3, -0.25) is 9.78 Å². The minimum absolute atomic E-state index is 0.153. The molecule has 0 unspecified atom stereocenters. The molecule has 0 fully saturated rings. The van der Waals surface area contributed by atoms with Gasteiger partial charge in [0.1, 0.15) is 5.69 Å². The predicted octanol–water partition coefficient (Wildman–Crippen LogP) is 0.520. The molecule has 1 aromatic carbocycles. The smallest absolute Gasteiger partial charge is 0.423 e. The highest BCUT2D eigenvalue weighted by Crippen LogP contribution is 2.15. The summed E-state index contributed by atoms with van der Waals surface area (Å²) in [5, 5.41) is 14.0. The van der Waals surface area contributed by atoms with Gasteiger partial charge in [-0.05, 0) is 28.7 Å². The monoisotopic (exact) mass is 334 g/mol. The summed E-state index contributed by atoms with van der Waals surface area (Å²) in [7, 11) is 0.811. The van der Waals surface area contributed by atoms with Crippen LogP contribution in [0.2, 0.25) is 0 Å². The Kier molecular flexibility index (Phi) is 3.91. The molecule has 1 aliphatic rings. The summed E-state index contributed by atoms with van der Waals surface area (Å²) in [4.78, 5) is 21.1. The standard InChI is InChI=1S/C17H15BN4O3/c1-22-17(14-4-2-3-7-19-14)20-16(21-22)15(23)9-11-5-6-12-10-25-18(24)13(12)8-11/h2-8,24H,9-10H2,1H3. The van der Waals surface area contributed by atoms with Crippen molar-refractivity contribution in [3.8, 4) is 11.5 Å². The zero-order valence-electron chi connectivity index (χ0n) is 13.6. The number of hydrogen-bond donors (Lipinski definition) is 1. The molecule has 3 heterocycles. The Morgan fingerprint density at radius 2 is 2.24 bits per heavy atom. The number of aryl methyl sites for hydroxylation is 1. The summed E-state index contributed by atoms with van der Waals surface area (Å²) in [6, 6.07) is 11.0. The highest BCUT2D eigenvalue weighted by atomic mass is 16.5. The Morgan fingerprint density at radius 3 is 3.04 bits per heavy atom. The van der Waals surface area contributed by atoms with Gasteiger partial charge in [-0.1, -0.05) is 24.3 Å². The van der Waals surface area contributed by atoms with E-state index >= 15 is 0 Å². The number of aromatic nitrogens is 4. The largest absolute Gasteiger partial charge is 0.491 e. The van der Waals surface area contributed by atoms with Crippen LogP contribution in [0.4, 0.5) is 0 Å². The first-order valence-corrected chi connectivity index (χ1v) is 7.89. The summed E-state index contributed by atoms with van der Waals surface area (Å²) in [5.74, 6) is 0.508. The second-order valence-corrected chi connectivity index (χ2v) is 5.89. The summed E-state index contributed by atoms with van der Waals surface area (Å²) >= 11 is 0. The molecule has 7 nitrogen and oxygen atoms in total. The quantitative estimate of drug-likeness (QED) is 0.553. The molecule has 25 heavy (non-hydrogen) atoms. The van der Waals surface area contributed by atoms with Gasteiger partial charge in [0.25, 0.3) is 0 Å². The first-order chi connectivity index (χ1) is 12.1. The third kappa shape index (κ3) is 2.97. The number of benzene rings is 1. The van der Waals surface area contributed by atoms with Crippen LogP contribution >= 0.6 is 0 Å². The number of nitrogens with zero attached hydrogens (tertiary/aromatic N) is 4. The van der Waals surface area contributed by atoms with Gasteiger partial charge in [0, 0.05) is 19.7 Å². The maximum atomic E-state index is 12.5. The lowest BCUT2D eigenvalue weighted by molar-refractivity contribution is 0.0983. The molecule has 0 saturated carbocycles. The number of rotatable bonds is 4. The van der Waals surface area contributed by atoms with E-state index in [0.29, 0.717) is 23.6 Å². The van der Waals surface area contributed by atoms with Gasteiger partial charge < -0.3 is 9.68 Å². The van der Waals surface area contributed by atoms with Crippen molar-refractivity contribution in [2.24, 2.45) is 7.05 Å². The molecule has 4 rings (SSSR count). The number of ketones is 1. The van der Waals surface area contributed by atoms with Gasteiger partial charge in [0.15, 0.2) is 5.82 Å². The number of pyridine rings is 1. The van der Waals surface area contributed by atoms with Crippen LogP contribution in [0.1, 0.15) is 21.7 Å². The fourth-order valence-corrected chi connectivity index (χ4v) is 2.86. The highest BCUT2D eigenvalue weighted by Gasteiger charge is 2.27. The molecule has 1 N–H and O–H groups in total. The van der Waals surface area contributed by atoms with Gasteiger partial charge >= 0.3 is 7.12 Å². The van der Waals surface area contributed by atoms with Crippen molar-refractivity contribution >= 4 is 18.4 Å². The fourth-order valence-electron chi connectivity index (χ4n) is 2.86. The van der Waals surface area contributed by atoms with E-state index in [4.69, 9.17) is 4.65 Å². The van der Waals surface area contributed by atoms with Gasteiger partial charge in [-0.25, -0.2) is 9.67 Å². The molecule has 0 spiro atoms. The normalized spacial score (nSPS) is 13.1. The van der Waals surface area contributed by atoms with Crippen molar-refractivity contribution in [3.05, 3.63) is 59.5 Å². The average Bonchev–Trinajstić information content (AvgIpc) is 3.19. The maximum Gasteiger partial charge on any atom is 0.491 e. The lowest BCUT2D eigenvalue weighted by atomic mass is 9.78. The van der Waals surface area contributed by atoms with Crippen LogP contribution in [0, 0.1) is 0 Å². The molecule has 1 aliphatic heterocycles. The molecule has 0 amide bonds. The third-order valence-electron chi connectivity index (χ3n) is 4.14. The molecule has 3 aromatic rings. The Balaban J connectivity index is 1.57. The molecule has 8 heteroatoms. The van der Waals surface area contributed by atoms with Gasteiger partial charge in [0.2, 0.25) is 11.6 Å². The molecule has 124 valence electrons. The molecule has 0 saturated heterocycles. The highest BCUT2D eigenvalue weighted by molar-refractivity contribution is 6.61. The van der Waals surface area contributed by atoms with E-state index in [1.807, 2.05) is 30.3 Å². The van der Waals surface area contributed by atoms with E-state index in [1.54, 1.807) is 24.0 Å². The fraction of sp³-hybridized carbons (Fsp3) is 0.176. The zero-order chi connectivity index (χ0) is 17.4. The summed E-state index contributed by atoms with van der Waals surface area (Å²) in [6.45, 7) is 0.389. The van der Waals surface area contributed by atoms with E-state index in [1.165, 1.54) is 0 Å². The van der Waals surface area contributed by atoms with Crippen LogP contribution in [0.3, 0.4) is 0 Å². The Labute approximate surface area is 144 Å². The van der Waals surface area contributed by atoms with Crippen LogP contribution in [0.5, 0.6) is 0 Å². The lowest BCUT2D eigenvalue weighted by Crippen LogP contribution is -2.28. The minimum atomic E-state index is -0.922. The number of Topliss-reactive ketones (excluding diaryl/α,β-unsaturated/α-hetero) is 1. The molecule has 0 atom stereocenters. The predicted molar refractivity (Wildman–Crippen MR) is 91.1 cm³/mol. The Bertz CT molecular complexity index is 942. The molecule has 0 aliphatic carbocycles. The number of hydrogen-bond acceptors (Lipinski definition) is 6. The Morgan fingerprint density at radius 1 is 1.36 bits per heavy atom. The SMILES string of the molecule is Cn1nc(C(=O)Cc2ccc3c(c2)B(O)OC3)nc1-c1ccccn1. The van der Waals surface area contributed by atoms with Crippen molar-refractivity contribution in [1.29, 1.82) is 0 Å². The number of carbonyl (C=O) groups is 1. The number of carbonyl (C=O) groups excluding carboxylic acids is 1. The molecule has 0 radical (unpaired) electrons. The maximum absolute atomic E-state index is 12.5. The molecule has 2 aromatic heterocycles. The van der Waals surface area contributed by atoms with Crippen LogP contribution in [0.15, 0.2) is 42.6 Å². The van der Waals surface area contributed by atoms with Crippen molar-refractivity contribution in [3.63, 3.8) is 0 Å². The summed E-state index contributed by atoms with van der Waals surface area (Å²) in [5.41, 5.74) is 3.11. The van der Waals surface area contributed by atoms with Crippen LogP contribution < -0.4 is 5.46 Å². The van der Waals surface area contributed by atoms with Crippen molar-refractivity contribution in [1.82, 2.24) is 19.7 Å². The van der Waals surface area contributed by atoms with Gasteiger partial charge in [0.05, 0.1) is 6.61 Å². The van der Waals surface area contributed by atoms with E-state index in [9.17, 15) is 9.82 Å². The van der Waals surface area contributed by atoms with Crippen LogP contribution in [-0.2, 0) is 24.7 Å². The van der Waals surface area contributed by atoms with Crippen molar-refractivity contribution in [2.75, 3.05) is 0 Å². The van der Waals surface area contributed by atoms with Crippen LogP contribution in [0.25, 0.3) is 11.5 Å². The summed E-state index contributed by atoms with van der Waals surface area (Å²) < 4.78 is 6.72. The van der Waals surface area contributed by atoms with Gasteiger partial charge in [-0.2, -0.15) is 0 Å². The number of fused-ring (bicyclic) bond motifs is 1. The topological polar surface area (TPSA) is 90.1 Å². The van der Waals surface area contributed by atoms with Crippen LogP contribution in [-0.4, -0.2) is 37.7 Å². The summed E-state index contributed by atoms with van der Waals surface area (Å²) in [6.07, 6.45) is 1.83. The first kappa shape index (κ1) is 15.7.